The Morgan fingerprint density at radius 2 is 1.78 bits per heavy atom. The van der Waals surface area contributed by atoms with E-state index in [9.17, 15) is 4.79 Å². The molecule has 0 spiro atoms. The predicted octanol–water partition coefficient (Wildman–Crippen LogP) is 1.70. The van der Waals surface area contributed by atoms with Gasteiger partial charge in [-0.05, 0) is 26.0 Å². The number of rotatable bonds is 2. The van der Waals surface area contributed by atoms with Crippen molar-refractivity contribution in [3.8, 4) is 0 Å². The van der Waals surface area contributed by atoms with Crippen LogP contribution >= 0.6 is 0 Å². The van der Waals surface area contributed by atoms with Crippen molar-refractivity contribution in [2.45, 2.75) is 13.8 Å². The smallest absolute Gasteiger partial charge is 0.246 e. The number of anilines is 1. The van der Waals surface area contributed by atoms with E-state index in [0.29, 0.717) is 0 Å². The molecule has 4 heteroatoms. The Labute approximate surface area is 108 Å². The van der Waals surface area contributed by atoms with E-state index in [4.69, 9.17) is 0 Å². The fraction of sp³-hybridized carbons (Fsp3) is 0.429. The maximum absolute atomic E-state index is 11.9. The van der Waals surface area contributed by atoms with Crippen LogP contribution in [0.4, 0.5) is 5.69 Å². The van der Waals surface area contributed by atoms with Gasteiger partial charge in [-0.2, -0.15) is 0 Å². The van der Waals surface area contributed by atoms with Gasteiger partial charge in [0.05, 0.1) is 0 Å². The average Bonchev–Trinajstić information content (AvgIpc) is 2.39. The standard InChI is InChI=1S/C14H19N3O/c1-12(2)11-14(18)17-9-7-16(8-10-17)13-3-5-15-6-4-13/h3-6,11H,7-10H2,1-2H3. The van der Waals surface area contributed by atoms with Gasteiger partial charge < -0.3 is 9.80 Å². The van der Waals surface area contributed by atoms with E-state index in [2.05, 4.69) is 9.88 Å². The monoisotopic (exact) mass is 245 g/mol. The molecule has 1 aromatic heterocycles. The minimum Gasteiger partial charge on any atom is -0.368 e. The third kappa shape index (κ3) is 3.09. The number of allylic oxidation sites excluding steroid dienone is 1. The second kappa shape index (κ2) is 5.67. The van der Waals surface area contributed by atoms with E-state index in [1.165, 1.54) is 5.69 Å². The highest BCUT2D eigenvalue weighted by Crippen LogP contribution is 2.14. The molecule has 0 aliphatic carbocycles. The Bertz CT molecular complexity index is 430. The molecule has 0 saturated carbocycles. The van der Waals surface area contributed by atoms with Gasteiger partial charge >= 0.3 is 0 Å². The van der Waals surface area contributed by atoms with E-state index in [1.807, 2.05) is 30.9 Å². The van der Waals surface area contributed by atoms with Gasteiger partial charge in [0.1, 0.15) is 0 Å². The number of nitrogens with zero attached hydrogens (tertiary/aromatic N) is 3. The van der Waals surface area contributed by atoms with Gasteiger partial charge in [-0.1, -0.05) is 5.57 Å². The molecular formula is C14H19N3O. The summed E-state index contributed by atoms with van der Waals surface area (Å²) in [6.07, 6.45) is 5.31. The molecule has 1 aromatic rings. The van der Waals surface area contributed by atoms with Crippen LogP contribution in [-0.4, -0.2) is 42.0 Å². The van der Waals surface area contributed by atoms with Crippen molar-refractivity contribution < 1.29 is 4.79 Å². The lowest BCUT2D eigenvalue weighted by molar-refractivity contribution is -0.126. The summed E-state index contributed by atoms with van der Waals surface area (Å²) < 4.78 is 0. The third-order valence-corrected chi connectivity index (χ3v) is 3.03. The molecule has 18 heavy (non-hydrogen) atoms. The fourth-order valence-corrected chi connectivity index (χ4v) is 2.08. The van der Waals surface area contributed by atoms with Crippen LogP contribution in [0.2, 0.25) is 0 Å². The molecule has 2 rings (SSSR count). The van der Waals surface area contributed by atoms with Crippen LogP contribution in [0.3, 0.4) is 0 Å². The Balaban J connectivity index is 1.93. The molecule has 0 N–H and O–H groups in total. The Hall–Kier alpha value is -1.84. The van der Waals surface area contributed by atoms with Crippen molar-refractivity contribution in [3.05, 3.63) is 36.2 Å². The van der Waals surface area contributed by atoms with Crippen molar-refractivity contribution in [2.75, 3.05) is 31.1 Å². The summed E-state index contributed by atoms with van der Waals surface area (Å²) in [4.78, 5) is 20.1. The molecule has 1 amide bonds. The second-order valence-corrected chi connectivity index (χ2v) is 4.74. The summed E-state index contributed by atoms with van der Waals surface area (Å²) in [5.41, 5.74) is 2.23. The number of carbonyl (C=O) groups is 1. The van der Waals surface area contributed by atoms with Crippen molar-refractivity contribution in [1.29, 1.82) is 0 Å². The zero-order valence-corrected chi connectivity index (χ0v) is 11.0. The van der Waals surface area contributed by atoms with Gasteiger partial charge in [-0.25, -0.2) is 0 Å². The molecule has 0 bridgehead atoms. The lowest BCUT2D eigenvalue weighted by Crippen LogP contribution is -2.48. The number of amides is 1. The molecule has 1 aliphatic rings. The van der Waals surface area contributed by atoms with Gasteiger partial charge in [-0.3, -0.25) is 9.78 Å². The summed E-state index contributed by atoms with van der Waals surface area (Å²) in [7, 11) is 0. The lowest BCUT2D eigenvalue weighted by atomic mass is 10.2. The number of pyridine rings is 1. The van der Waals surface area contributed by atoms with E-state index in [-0.39, 0.29) is 5.91 Å². The van der Waals surface area contributed by atoms with Crippen LogP contribution in [0.15, 0.2) is 36.2 Å². The summed E-state index contributed by atoms with van der Waals surface area (Å²) in [6.45, 7) is 7.23. The maximum Gasteiger partial charge on any atom is 0.246 e. The zero-order chi connectivity index (χ0) is 13.0. The second-order valence-electron chi connectivity index (χ2n) is 4.74. The van der Waals surface area contributed by atoms with Crippen LogP contribution < -0.4 is 4.90 Å². The largest absolute Gasteiger partial charge is 0.368 e. The van der Waals surface area contributed by atoms with Crippen LogP contribution in [0.25, 0.3) is 0 Å². The topological polar surface area (TPSA) is 36.4 Å². The quantitative estimate of drug-likeness (QED) is 0.744. The first-order valence-electron chi connectivity index (χ1n) is 6.25. The van der Waals surface area contributed by atoms with Crippen LogP contribution in [0.5, 0.6) is 0 Å². The van der Waals surface area contributed by atoms with E-state index in [1.54, 1.807) is 18.5 Å². The van der Waals surface area contributed by atoms with Crippen molar-refractivity contribution in [3.63, 3.8) is 0 Å². The summed E-state index contributed by atoms with van der Waals surface area (Å²) >= 11 is 0. The minimum absolute atomic E-state index is 0.129. The van der Waals surface area contributed by atoms with Crippen molar-refractivity contribution >= 4 is 11.6 Å². The molecule has 0 aromatic carbocycles. The molecule has 0 unspecified atom stereocenters. The molecule has 1 saturated heterocycles. The molecule has 0 atom stereocenters. The average molecular weight is 245 g/mol. The van der Waals surface area contributed by atoms with Gasteiger partial charge in [-0.15, -0.1) is 0 Å². The van der Waals surface area contributed by atoms with E-state index < -0.39 is 0 Å². The molecule has 0 radical (unpaired) electrons. The van der Waals surface area contributed by atoms with Gasteiger partial charge in [0.15, 0.2) is 0 Å². The Morgan fingerprint density at radius 1 is 1.17 bits per heavy atom. The first-order chi connectivity index (χ1) is 8.66. The zero-order valence-electron chi connectivity index (χ0n) is 11.0. The van der Waals surface area contributed by atoms with E-state index >= 15 is 0 Å². The predicted molar refractivity (Wildman–Crippen MR) is 72.5 cm³/mol. The van der Waals surface area contributed by atoms with Crippen molar-refractivity contribution in [2.24, 2.45) is 0 Å². The molecule has 96 valence electrons. The van der Waals surface area contributed by atoms with Crippen LogP contribution in [-0.2, 0) is 4.79 Å². The van der Waals surface area contributed by atoms with Crippen LogP contribution in [0, 0.1) is 0 Å². The molecular weight excluding hydrogens is 226 g/mol. The normalized spacial score (nSPS) is 15.4. The molecule has 4 nitrogen and oxygen atoms in total. The van der Waals surface area contributed by atoms with Crippen LogP contribution in [0.1, 0.15) is 13.8 Å². The number of carbonyl (C=O) groups excluding carboxylic acids is 1. The highest BCUT2D eigenvalue weighted by Gasteiger charge is 2.19. The minimum atomic E-state index is 0.129. The summed E-state index contributed by atoms with van der Waals surface area (Å²) in [5, 5.41) is 0. The maximum atomic E-state index is 11.9. The summed E-state index contributed by atoms with van der Waals surface area (Å²) in [5.74, 6) is 0.129. The van der Waals surface area contributed by atoms with Gasteiger partial charge in [0, 0.05) is 50.3 Å². The third-order valence-electron chi connectivity index (χ3n) is 3.03. The lowest BCUT2D eigenvalue weighted by Gasteiger charge is -2.35. The van der Waals surface area contributed by atoms with Crippen molar-refractivity contribution in [1.82, 2.24) is 9.88 Å². The first kappa shape index (κ1) is 12.6. The molecule has 1 aliphatic heterocycles. The number of aromatic nitrogens is 1. The first-order valence-corrected chi connectivity index (χ1v) is 6.25. The Kier molecular flexibility index (Phi) is 3.97. The SMILES string of the molecule is CC(C)=CC(=O)N1CCN(c2ccncc2)CC1. The highest BCUT2D eigenvalue weighted by atomic mass is 16.2. The molecule has 2 heterocycles. The highest BCUT2D eigenvalue weighted by molar-refractivity contribution is 5.88. The van der Waals surface area contributed by atoms with E-state index in [0.717, 1.165) is 31.8 Å². The van der Waals surface area contributed by atoms with Gasteiger partial charge in [0.2, 0.25) is 5.91 Å². The number of hydrogen-bond acceptors (Lipinski definition) is 3. The summed E-state index contributed by atoms with van der Waals surface area (Å²) in [6, 6.07) is 4.02. The number of hydrogen-bond donors (Lipinski definition) is 0. The number of piperazine rings is 1. The Morgan fingerprint density at radius 3 is 2.33 bits per heavy atom. The molecule has 1 fully saturated rings. The fourth-order valence-electron chi connectivity index (χ4n) is 2.08. The van der Waals surface area contributed by atoms with Gasteiger partial charge in [0.25, 0.3) is 0 Å².